The lowest BCUT2D eigenvalue weighted by atomic mass is 10.0. The van der Waals surface area contributed by atoms with E-state index in [0.29, 0.717) is 37.4 Å². The first kappa shape index (κ1) is 29.7. The average Bonchev–Trinajstić information content (AvgIpc) is 3.48. The fourth-order valence-electron chi connectivity index (χ4n) is 5.13. The number of halogens is 2. The van der Waals surface area contributed by atoms with Crippen molar-refractivity contribution in [1.82, 2.24) is 19.2 Å². The highest BCUT2D eigenvalue weighted by Crippen LogP contribution is 2.28. The van der Waals surface area contributed by atoms with Gasteiger partial charge in [0.1, 0.15) is 5.82 Å². The number of nitrogens with one attached hydrogen (secondary N) is 1. The molecule has 1 N–H and O–H groups in total. The number of benzene rings is 2. The average molecular weight is 647 g/mol. The Balaban J connectivity index is 1.29. The Morgan fingerprint density at radius 3 is 2.51 bits per heavy atom. The maximum absolute atomic E-state index is 13.4. The van der Waals surface area contributed by atoms with E-state index < -0.39 is 21.9 Å². The van der Waals surface area contributed by atoms with Crippen LogP contribution in [0.4, 0.5) is 10.3 Å². The Bertz CT molecular complexity index is 1450. The fourth-order valence-corrected chi connectivity index (χ4v) is 7.08. The third-order valence-corrected chi connectivity index (χ3v) is 9.81. The van der Waals surface area contributed by atoms with Gasteiger partial charge < -0.3 is 10.1 Å². The van der Waals surface area contributed by atoms with Gasteiger partial charge in [0.15, 0.2) is 5.78 Å². The van der Waals surface area contributed by atoms with Crippen molar-refractivity contribution in [3.63, 3.8) is 0 Å². The summed E-state index contributed by atoms with van der Waals surface area (Å²) in [5.74, 6) is -0.179. The van der Waals surface area contributed by atoms with Gasteiger partial charge in [-0.15, -0.1) is 0 Å². The van der Waals surface area contributed by atoms with Gasteiger partial charge in [0.05, 0.1) is 29.8 Å². The van der Waals surface area contributed by atoms with Crippen LogP contribution in [0.3, 0.4) is 0 Å². The number of hydrogen-bond donors (Lipinski definition) is 1. The minimum atomic E-state index is -3.91. The van der Waals surface area contributed by atoms with Gasteiger partial charge in [-0.25, -0.2) is 22.8 Å². The Kier molecular flexibility index (Phi) is 9.76. The molecule has 2 aliphatic rings. The summed E-state index contributed by atoms with van der Waals surface area (Å²) < 4.78 is 47.5. The van der Waals surface area contributed by atoms with Crippen molar-refractivity contribution < 1.29 is 22.3 Å². The van der Waals surface area contributed by atoms with Crippen LogP contribution in [-0.2, 0) is 26.0 Å². The number of hydrogen-bond acceptors (Lipinski definition) is 8. The summed E-state index contributed by atoms with van der Waals surface area (Å²) in [6.07, 6.45) is 1.55. The predicted molar refractivity (Wildman–Crippen MR) is 158 cm³/mol. The molecule has 2 saturated heterocycles. The number of anilines is 1. The van der Waals surface area contributed by atoms with Gasteiger partial charge in [0.25, 0.3) is 0 Å². The van der Waals surface area contributed by atoms with E-state index in [4.69, 9.17) is 9.72 Å². The van der Waals surface area contributed by atoms with Crippen molar-refractivity contribution in [2.45, 2.75) is 36.6 Å². The standard InChI is InChI=1S/C29H33BrFN5O4S/c30-22-5-3-21(4-6-22)26-20-24(33-29(34-26)32-13-15-35-16-18-40-19-17-35)9-12-28(37)27-2-1-14-36(27)41(38,39)25-10-7-23(31)8-11-25/h3-8,10-11,20,27H,1-2,9,12-19H2,(H,32,33,34)/t27-/m0/s1. The van der Waals surface area contributed by atoms with E-state index in [9.17, 15) is 17.6 Å². The Hall–Kier alpha value is -2.77. The first-order valence-corrected chi connectivity index (χ1v) is 16.0. The largest absolute Gasteiger partial charge is 0.379 e. The van der Waals surface area contributed by atoms with Crippen LogP contribution in [0.25, 0.3) is 11.3 Å². The van der Waals surface area contributed by atoms with Crippen LogP contribution >= 0.6 is 15.9 Å². The van der Waals surface area contributed by atoms with Gasteiger partial charge in [0, 0.05) is 54.9 Å². The zero-order valence-electron chi connectivity index (χ0n) is 22.6. The van der Waals surface area contributed by atoms with Crippen LogP contribution in [0.1, 0.15) is 25.0 Å². The van der Waals surface area contributed by atoms with E-state index >= 15 is 0 Å². The maximum atomic E-state index is 13.4. The van der Waals surface area contributed by atoms with Gasteiger partial charge in [-0.2, -0.15) is 4.31 Å². The molecular formula is C29H33BrFN5O4S. The molecule has 2 aliphatic heterocycles. The minimum absolute atomic E-state index is 0.0127. The number of aryl methyl sites for hydroxylation is 1. The van der Waals surface area contributed by atoms with E-state index in [2.05, 4.69) is 31.1 Å². The van der Waals surface area contributed by atoms with Crippen molar-refractivity contribution >= 4 is 37.7 Å². The Labute approximate surface area is 248 Å². The van der Waals surface area contributed by atoms with Crippen LogP contribution < -0.4 is 5.32 Å². The summed E-state index contributed by atoms with van der Waals surface area (Å²) >= 11 is 3.47. The lowest BCUT2D eigenvalue weighted by Gasteiger charge is -2.26. The third kappa shape index (κ3) is 7.55. The van der Waals surface area contributed by atoms with Crippen molar-refractivity contribution in [3.05, 3.63) is 70.6 Å². The topological polar surface area (TPSA) is 105 Å². The molecule has 0 saturated carbocycles. The molecule has 3 aromatic rings. The SMILES string of the molecule is O=C(CCc1cc(-c2ccc(Br)cc2)nc(NCCN2CCOCC2)n1)[C@@H]1CCCN1S(=O)(=O)c1ccc(F)cc1. The quantitative estimate of drug-likeness (QED) is 0.332. The number of aromatic nitrogens is 2. The second-order valence-corrected chi connectivity index (χ2v) is 13.0. The molecule has 0 bridgehead atoms. The van der Waals surface area contributed by atoms with Gasteiger partial charge in [-0.05, 0) is 61.7 Å². The Morgan fingerprint density at radius 1 is 1.05 bits per heavy atom. The molecule has 0 amide bonds. The smallest absolute Gasteiger partial charge is 0.243 e. The molecule has 0 radical (unpaired) electrons. The lowest BCUT2D eigenvalue weighted by Crippen LogP contribution is -2.40. The van der Waals surface area contributed by atoms with Crippen LogP contribution in [0.15, 0.2) is 64.0 Å². The molecule has 12 heteroatoms. The fraction of sp³-hybridized carbons (Fsp3) is 0.414. The molecular weight excluding hydrogens is 613 g/mol. The number of Topliss-reactive ketones (excluding diaryl/α,β-unsaturated/α-hetero) is 1. The maximum Gasteiger partial charge on any atom is 0.243 e. The second-order valence-electron chi connectivity index (χ2n) is 10.1. The number of ketones is 1. The van der Waals surface area contributed by atoms with E-state index in [1.165, 1.54) is 16.4 Å². The number of morpholine rings is 1. The van der Waals surface area contributed by atoms with E-state index in [0.717, 1.165) is 60.7 Å². The number of sulfonamides is 1. The summed E-state index contributed by atoms with van der Waals surface area (Å²) in [6.45, 7) is 5.01. The van der Waals surface area contributed by atoms with Crippen LogP contribution in [0, 0.1) is 5.82 Å². The number of ether oxygens (including phenoxy) is 1. The normalized spacial score (nSPS) is 18.4. The molecule has 5 rings (SSSR count). The van der Waals surface area contributed by atoms with Gasteiger partial charge in [0.2, 0.25) is 16.0 Å². The summed E-state index contributed by atoms with van der Waals surface area (Å²) in [5.41, 5.74) is 2.36. The summed E-state index contributed by atoms with van der Waals surface area (Å²) in [5, 5.41) is 3.33. The summed E-state index contributed by atoms with van der Waals surface area (Å²) in [4.78, 5) is 25.1. The molecule has 41 heavy (non-hydrogen) atoms. The first-order valence-electron chi connectivity index (χ1n) is 13.8. The van der Waals surface area contributed by atoms with Crippen LogP contribution in [-0.4, -0.2) is 85.4 Å². The molecule has 1 atom stereocenters. The number of rotatable bonds is 11. The van der Waals surface area contributed by atoms with Gasteiger partial charge >= 0.3 is 0 Å². The number of carbonyl (C=O) groups is 1. The van der Waals surface area contributed by atoms with Gasteiger partial charge in [-0.1, -0.05) is 28.1 Å². The highest BCUT2D eigenvalue weighted by atomic mass is 79.9. The molecule has 1 aromatic heterocycles. The molecule has 218 valence electrons. The first-order chi connectivity index (χ1) is 19.8. The van der Waals surface area contributed by atoms with Gasteiger partial charge in [-0.3, -0.25) is 9.69 Å². The summed E-state index contributed by atoms with van der Waals surface area (Å²) in [6, 6.07) is 13.7. The second kappa shape index (κ2) is 13.5. The van der Waals surface area contributed by atoms with Crippen molar-refractivity contribution in [2.75, 3.05) is 51.3 Å². The van der Waals surface area contributed by atoms with Crippen LogP contribution in [0.5, 0.6) is 0 Å². The molecule has 3 heterocycles. The molecule has 0 unspecified atom stereocenters. The van der Waals surface area contributed by atoms with E-state index in [1.54, 1.807) is 0 Å². The molecule has 9 nitrogen and oxygen atoms in total. The zero-order chi connectivity index (χ0) is 28.8. The van der Waals surface area contributed by atoms with Crippen molar-refractivity contribution in [1.29, 1.82) is 0 Å². The van der Waals surface area contributed by atoms with E-state index in [-0.39, 0.29) is 23.6 Å². The molecule has 0 spiro atoms. The van der Waals surface area contributed by atoms with E-state index in [1.807, 2.05) is 30.3 Å². The minimum Gasteiger partial charge on any atom is -0.379 e. The third-order valence-electron chi connectivity index (χ3n) is 7.36. The summed E-state index contributed by atoms with van der Waals surface area (Å²) in [7, 11) is -3.91. The highest BCUT2D eigenvalue weighted by Gasteiger charge is 2.39. The predicted octanol–water partition coefficient (Wildman–Crippen LogP) is 4.14. The van der Waals surface area contributed by atoms with Crippen LogP contribution in [0.2, 0.25) is 0 Å². The highest BCUT2D eigenvalue weighted by molar-refractivity contribution is 9.10. The van der Waals surface area contributed by atoms with Crippen molar-refractivity contribution in [3.8, 4) is 11.3 Å². The Morgan fingerprint density at radius 2 is 1.78 bits per heavy atom. The van der Waals surface area contributed by atoms with Crippen molar-refractivity contribution in [2.24, 2.45) is 0 Å². The monoisotopic (exact) mass is 645 g/mol. The number of nitrogens with zero attached hydrogens (tertiary/aromatic N) is 4. The molecule has 2 aromatic carbocycles. The molecule has 2 fully saturated rings. The zero-order valence-corrected chi connectivity index (χ0v) is 25.0. The number of carbonyl (C=O) groups excluding carboxylic acids is 1. The molecule has 0 aliphatic carbocycles. The lowest BCUT2D eigenvalue weighted by molar-refractivity contribution is -0.122.